The number of urea groups is 1. The maximum Gasteiger partial charge on any atom is 0.317 e. The minimum atomic E-state index is 0.177. The van der Waals surface area contributed by atoms with Gasteiger partial charge in [-0.25, -0.2) is 4.79 Å². The highest BCUT2D eigenvalue weighted by Gasteiger charge is 2.14. The summed E-state index contributed by atoms with van der Waals surface area (Å²) >= 11 is 0. The molecule has 0 aliphatic heterocycles. The molecule has 0 aromatic carbocycles. The summed E-state index contributed by atoms with van der Waals surface area (Å²) in [4.78, 5) is 15.2. The molecule has 0 aromatic heterocycles. The van der Waals surface area contributed by atoms with Crippen LogP contribution in [0.3, 0.4) is 0 Å². The van der Waals surface area contributed by atoms with Gasteiger partial charge < -0.3 is 14.7 Å². The number of nitrogens with zero attached hydrogens (tertiary/aromatic N) is 2. The van der Waals surface area contributed by atoms with Crippen molar-refractivity contribution in [3.05, 3.63) is 0 Å². The van der Waals surface area contributed by atoms with Crippen LogP contribution in [-0.2, 0) is 0 Å². The first kappa shape index (κ1) is 43.3. The van der Waals surface area contributed by atoms with Crippen LogP contribution >= 0.6 is 0 Å². The summed E-state index contributed by atoms with van der Waals surface area (Å²) in [5, 5.41) is 3.26. The Morgan fingerprint density at radius 2 is 0.795 bits per heavy atom. The summed E-state index contributed by atoms with van der Waals surface area (Å²) in [7, 11) is 6.80. The lowest BCUT2D eigenvalue weighted by molar-refractivity contribution is -0.879. The molecule has 0 bridgehead atoms. The third kappa shape index (κ3) is 31.3. The molecule has 5 heteroatoms. The maximum atomic E-state index is 13.1. The summed E-state index contributed by atoms with van der Waals surface area (Å²) in [6, 6.07) is 0.177. The smallest absolute Gasteiger partial charge is 0.317 e. The van der Waals surface area contributed by atoms with Crippen LogP contribution < -0.4 is 5.32 Å². The number of nitrogens with one attached hydrogen (secondary N) is 1. The van der Waals surface area contributed by atoms with E-state index in [1.165, 1.54) is 167 Å². The fourth-order valence-electron chi connectivity index (χ4n) is 6.28. The van der Waals surface area contributed by atoms with E-state index in [1.807, 2.05) is 0 Å². The second-order valence-corrected chi connectivity index (χ2v) is 14.7. The molecule has 262 valence electrons. The van der Waals surface area contributed by atoms with Gasteiger partial charge in [-0.3, -0.25) is 0 Å². The Kier molecular flexibility index (Phi) is 33.1. The van der Waals surface area contributed by atoms with E-state index in [2.05, 4.69) is 46.0 Å². The third-order valence-electron chi connectivity index (χ3n) is 9.92. The van der Waals surface area contributed by atoms with Crippen LogP contribution in [0.15, 0.2) is 0 Å². The number of rotatable bonds is 35. The monoisotopic (exact) mass is 621 g/mol. The van der Waals surface area contributed by atoms with Crippen molar-refractivity contribution >= 4 is 13.9 Å². The molecule has 1 N–H and O–H groups in total. The molecule has 0 aliphatic rings. The molecule has 0 heterocycles. The number of carbonyl (C=O) groups is 1. The van der Waals surface area contributed by atoms with E-state index in [9.17, 15) is 4.79 Å². The van der Waals surface area contributed by atoms with E-state index < -0.39 is 0 Å². The van der Waals surface area contributed by atoms with Crippen molar-refractivity contribution in [2.45, 2.75) is 200 Å². The van der Waals surface area contributed by atoms with Crippen LogP contribution in [0.4, 0.5) is 4.79 Å². The fraction of sp³-hybridized carbons (Fsp3) is 0.974. The van der Waals surface area contributed by atoms with Gasteiger partial charge in [-0.2, -0.15) is 0 Å². The van der Waals surface area contributed by atoms with Crippen LogP contribution in [0.5, 0.6) is 0 Å². The van der Waals surface area contributed by atoms with Gasteiger partial charge in [-0.05, 0) is 12.8 Å². The molecular weight excluding hydrogens is 537 g/mol. The van der Waals surface area contributed by atoms with Crippen LogP contribution in [0.1, 0.15) is 200 Å². The molecule has 0 unspecified atom stereocenters. The predicted molar refractivity (Wildman–Crippen MR) is 201 cm³/mol. The van der Waals surface area contributed by atoms with Gasteiger partial charge in [0.05, 0.1) is 20.6 Å². The van der Waals surface area contributed by atoms with E-state index in [0.717, 1.165) is 56.4 Å². The van der Waals surface area contributed by atoms with Gasteiger partial charge >= 0.3 is 6.03 Å². The SMILES string of the molecule is BC[N+](C)(C)CCCNC(=O)N(CCCCCCCCCCCCCCCC)CCCCCCCCCCCCCCCC. The van der Waals surface area contributed by atoms with Crippen LogP contribution in [0.2, 0.25) is 0 Å². The second-order valence-electron chi connectivity index (χ2n) is 14.7. The first-order valence-electron chi connectivity index (χ1n) is 20.3. The molecule has 0 atom stereocenters. The number of unbranched alkanes of at least 4 members (excludes halogenated alkanes) is 26. The molecule has 0 aliphatic carbocycles. The van der Waals surface area contributed by atoms with E-state index in [-0.39, 0.29) is 6.03 Å². The van der Waals surface area contributed by atoms with E-state index in [0.29, 0.717) is 0 Å². The Balaban J connectivity index is 4.05. The van der Waals surface area contributed by atoms with Crippen LogP contribution in [-0.4, -0.2) is 70.0 Å². The summed E-state index contributed by atoms with van der Waals surface area (Å²) in [6.07, 6.45) is 40.8. The largest absolute Gasteiger partial charge is 0.338 e. The second kappa shape index (κ2) is 33.7. The zero-order valence-electron chi connectivity index (χ0n) is 31.3. The molecular formula is C39H83BN3O+. The van der Waals surface area contributed by atoms with Crippen molar-refractivity contribution in [2.75, 3.05) is 46.7 Å². The highest BCUT2D eigenvalue weighted by Crippen LogP contribution is 2.15. The normalized spacial score (nSPS) is 11.7. The average Bonchev–Trinajstić information content (AvgIpc) is 3.02. The summed E-state index contributed by atoms with van der Waals surface area (Å²) in [5.74, 6) is 0. The molecule has 0 saturated carbocycles. The predicted octanol–water partition coefficient (Wildman–Crippen LogP) is 11.0. The van der Waals surface area contributed by atoms with Crippen LogP contribution in [0.25, 0.3) is 0 Å². The van der Waals surface area contributed by atoms with Crippen molar-refractivity contribution in [1.82, 2.24) is 10.2 Å². The van der Waals surface area contributed by atoms with Crippen molar-refractivity contribution in [3.63, 3.8) is 0 Å². The lowest BCUT2D eigenvalue weighted by Gasteiger charge is -2.29. The Bertz CT molecular complexity index is 554. The van der Waals surface area contributed by atoms with Gasteiger partial charge in [0.25, 0.3) is 0 Å². The van der Waals surface area contributed by atoms with Gasteiger partial charge in [0, 0.05) is 32.5 Å². The molecule has 4 nitrogen and oxygen atoms in total. The number of carbonyl (C=O) groups excluding carboxylic acids is 1. The minimum absolute atomic E-state index is 0.177. The Morgan fingerprint density at radius 3 is 1.09 bits per heavy atom. The molecule has 44 heavy (non-hydrogen) atoms. The number of quaternary nitrogens is 1. The van der Waals surface area contributed by atoms with E-state index >= 15 is 0 Å². The van der Waals surface area contributed by atoms with Gasteiger partial charge in [-0.1, -0.05) is 181 Å². The number of hydrogen-bond donors (Lipinski definition) is 1. The van der Waals surface area contributed by atoms with Gasteiger partial charge in [0.2, 0.25) is 0 Å². The molecule has 0 spiro atoms. The van der Waals surface area contributed by atoms with Gasteiger partial charge in [-0.15, -0.1) is 0 Å². The summed E-state index contributed by atoms with van der Waals surface area (Å²) in [5.41, 5.74) is 0. The number of amides is 2. The van der Waals surface area contributed by atoms with Crippen molar-refractivity contribution in [1.29, 1.82) is 0 Å². The molecule has 0 rings (SSSR count). The van der Waals surface area contributed by atoms with Gasteiger partial charge in [0.1, 0.15) is 0 Å². The van der Waals surface area contributed by atoms with E-state index in [4.69, 9.17) is 0 Å². The maximum absolute atomic E-state index is 13.1. The Hall–Kier alpha value is -0.705. The first-order valence-corrected chi connectivity index (χ1v) is 20.3. The summed E-state index contributed by atoms with van der Waals surface area (Å²) < 4.78 is 1.03. The Morgan fingerprint density at radius 1 is 0.500 bits per heavy atom. The number of hydrogen-bond acceptors (Lipinski definition) is 1. The highest BCUT2D eigenvalue weighted by atomic mass is 16.2. The molecule has 0 fully saturated rings. The molecule has 0 saturated heterocycles. The molecule has 0 radical (unpaired) electrons. The van der Waals surface area contributed by atoms with Gasteiger partial charge in [0.15, 0.2) is 7.85 Å². The molecule has 0 aromatic rings. The topological polar surface area (TPSA) is 32.3 Å². The average molecular weight is 621 g/mol. The van der Waals surface area contributed by atoms with Crippen molar-refractivity contribution < 1.29 is 9.28 Å². The zero-order valence-corrected chi connectivity index (χ0v) is 31.3. The quantitative estimate of drug-likeness (QED) is 0.0427. The van der Waals surface area contributed by atoms with E-state index in [1.54, 1.807) is 0 Å². The van der Waals surface area contributed by atoms with Crippen LogP contribution in [0, 0.1) is 0 Å². The highest BCUT2D eigenvalue weighted by molar-refractivity contribution is 6.08. The fourth-order valence-corrected chi connectivity index (χ4v) is 6.28. The van der Waals surface area contributed by atoms with Crippen molar-refractivity contribution in [2.24, 2.45) is 0 Å². The minimum Gasteiger partial charge on any atom is -0.338 e. The third-order valence-corrected chi connectivity index (χ3v) is 9.92. The Labute approximate surface area is 279 Å². The zero-order chi connectivity index (χ0) is 32.4. The lowest BCUT2D eigenvalue weighted by Crippen LogP contribution is -2.44. The standard InChI is InChI=1S/C39H82BN3O/c1-5-7-9-11-13-15-17-19-21-23-25-27-29-31-35-42(39(44)41-34-33-37-43(3,4)38-40)36-32-30-28-26-24-22-20-18-16-14-12-10-8-6-2/h5-38,40H2,1-4H3/p+1. The molecule has 2 amide bonds. The first-order chi connectivity index (χ1) is 21.5. The lowest BCUT2D eigenvalue weighted by atomic mass is 10.0. The van der Waals surface area contributed by atoms with Crippen molar-refractivity contribution in [3.8, 4) is 0 Å². The summed E-state index contributed by atoms with van der Waals surface area (Å²) in [6.45, 7) is 8.37.